The molecule has 1 saturated heterocycles. The zero-order valence-corrected chi connectivity index (χ0v) is 21.2. The number of rotatable bonds is 6. The third-order valence-electron chi connectivity index (χ3n) is 5.86. The number of methoxy groups -OCH3 is 1. The molecule has 0 bridgehead atoms. The van der Waals surface area contributed by atoms with E-state index in [1.807, 2.05) is 42.5 Å². The van der Waals surface area contributed by atoms with Crippen LogP contribution in [0.1, 0.15) is 21.5 Å². The first-order valence-corrected chi connectivity index (χ1v) is 12.5. The summed E-state index contributed by atoms with van der Waals surface area (Å²) in [6, 6.07) is 25.1. The molecule has 0 aromatic heterocycles. The smallest absolute Gasteiger partial charge is 0.345 e. The second-order valence-electron chi connectivity index (χ2n) is 8.19. The van der Waals surface area contributed by atoms with Gasteiger partial charge in [-0.2, -0.15) is 0 Å². The van der Waals surface area contributed by atoms with Gasteiger partial charge in [0, 0.05) is 0 Å². The van der Waals surface area contributed by atoms with E-state index < -0.39 is 5.97 Å². The number of imide groups is 1. The Morgan fingerprint density at radius 3 is 2.51 bits per heavy atom. The van der Waals surface area contributed by atoms with Crippen LogP contribution in [0.25, 0.3) is 16.8 Å². The minimum atomic E-state index is -0.619. The van der Waals surface area contributed by atoms with Crippen molar-refractivity contribution in [3.05, 3.63) is 112 Å². The maximum atomic E-state index is 13.1. The van der Waals surface area contributed by atoms with E-state index in [1.165, 1.54) is 12.0 Å². The van der Waals surface area contributed by atoms with Crippen LogP contribution in [0.3, 0.4) is 0 Å². The average Bonchev–Trinajstić information content (AvgIpc) is 3.17. The molecule has 0 unspecified atom stereocenters. The summed E-state index contributed by atoms with van der Waals surface area (Å²) in [5, 5.41) is 1.99. The quantitative estimate of drug-likeness (QED) is 0.153. The molecule has 1 aliphatic heterocycles. The van der Waals surface area contributed by atoms with E-state index in [0.29, 0.717) is 16.2 Å². The number of halogens is 1. The van der Waals surface area contributed by atoms with Crippen LogP contribution in [0.5, 0.6) is 11.5 Å². The summed E-state index contributed by atoms with van der Waals surface area (Å²) in [7, 11) is 1.45. The van der Waals surface area contributed by atoms with Gasteiger partial charge in [0.1, 0.15) is 0 Å². The molecule has 0 N–H and O–H groups in total. The van der Waals surface area contributed by atoms with Crippen molar-refractivity contribution in [2.45, 2.75) is 6.54 Å². The van der Waals surface area contributed by atoms with Gasteiger partial charge in [0.15, 0.2) is 11.5 Å². The summed E-state index contributed by atoms with van der Waals surface area (Å²) in [5.74, 6) is -0.486. The van der Waals surface area contributed by atoms with E-state index in [-0.39, 0.29) is 34.0 Å². The summed E-state index contributed by atoms with van der Waals surface area (Å²) in [4.78, 5) is 39.9. The summed E-state index contributed by atoms with van der Waals surface area (Å²) in [6.45, 7) is 0.184. The number of fused-ring (bicyclic) bond motifs is 1. The zero-order valence-electron chi connectivity index (χ0n) is 19.6. The number of thioether (sulfide) groups is 1. The first-order chi connectivity index (χ1) is 17.9. The third-order valence-corrected chi connectivity index (χ3v) is 7.10. The molecule has 37 heavy (non-hydrogen) atoms. The highest BCUT2D eigenvalue weighted by atomic mass is 35.5. The molecular weight excluding hydrogens is 510 g/mol. The highest BCUT2D eigenvalue weighted by molar-refractivity contribution is 8.18. The molecular formula is C29H20ClNO5S. The number of hydrogen-bond donors (Lipinski definition) is 0. The molecule has 0 spiro atoms. The Bertz CT molecular complexity index is 1580. The maximum absolute atomic E-state index is 13.1. The fourth-order valence-corrected chi connectivity index (χ4v) is 5.08. The highest BCUT2D eigenvalue weighted by Gasteiger charge is 2.35. The van der Waals surface area contributed by atoms with E-state index in [2.05, 4.69) is 0 Å². The van der Waals surface area contributed by atoms with Gasteiger partial charge < -0.3 is 9.47 Å². The minimum Gasteiger partial charge on any atom is -0.493 e. The molecule has 0 aliphatic carbocycles. The average molecular weight is 530 g/mol. The largest absolute Gasteiger partial charge is 0.493 e. The van der Waals surface area contributed by atoms with Crippen molar-refractivity contribution in [1.82, 2.24) is 4.90 Å². The van der Waals surface area contributed by atoms with Crippen LogP contribution in [0.15, 0.2) is 89.8 Å². The molecule has 5 rings (SSSR count). The monoisotopic (exact) mass is 529 g/mol. The van der Waals surface area contributed by atoms with Crippen molar-refractivity contribution in [2.24, 2.45) is 0 Å². The number of hydrogen-bond acceptors (Lipinski definition) is 6. The lowest BCUT2D eigenvalue weighted by Gasteiger charge is -2.14. The van der Waals surface area contributed by atoms with E-state index in [9.17, 15) is 14.4 Å². The number of carbonyl (C=O) groups is 3. The zero-order chi connectivity index (χ0) is 25.9. The predicted molar refractivity (Wildman–Crippen MR) is 145 cm³/mol. The van der Waals surface area contributed by atoms with Crippen molar-refractivity contribution in [3.63, 3.8) is 0 Å². The van der Waals surface area contributed by atoms with E-state index in [4.69, 9.17) is 21.1 Å². The molecule has 1 aliphatic rings. The molecule has 6 nitrogen and oxygen atoms in total. The Labute approximate surface area is 222 Å². The molecule has 184 valence electrons. The Balaban J connectivity index is 1.36. The van der Waals surface area contributed by atoms with Crippen LogP contribution in [-0.2, 0) is 11.3 Å². The number of benzene rings is 4. The SMILES string of the molecule is COc1cc(/C=C2\SC(=O)N(Cc3cccc4ccccc34)C2=O)ccc1OC(=O)c1ccccc1Cl. The number of nitrogens with zero attached hydrogens (tertiary/aromatic N) is 1. The molecule has 1 heterocycles. The maximum Gasteiger partial charge on any atom is 0.345 e. The van der Waals surface area contributed by atoms with Crippen molar-refractivity contribution < 1.29 is 23.9 Å². The Hall–Kier alpha value is -4.07. The van der Waals surface area contributed by atoms with Gasteiger partial charge in [0.05, 0.1) is 29.1 Å². The molecule has 0 saturated carbocycles. The third kappa shape index (κ3) is 5.09. The second-order valence-corrected chi connectivity index (χ2v) is 9.59. The Morgan fingerprint density at radius 1 is 0.946 bits per heavy atom. The van der Waals surface area contributed by atoms with Gasteiger partial charge in [-0.05, 0) is 64.0 Å². The summed E-state index contributed by atoms with van der Waals surface area (Å²) in [6.07, 6.45) is 1.62. The molecule has 0 radical (unpaired) electrons. The normalized spacial score (nSPS) is 14.4. The molecule has 4 aromatic carbocycles. The Morgan fingerprint density at radius 2 is 1.70 bits per heavy atom. The van der Waals surface area contributed by atoms with Crippen LogP contribution < -0.4 is 9.47 Å². The van der Waals surface area contributed by atoms with Gasteiger partial charge in [-0.15, -0.1) is 0 Å². The van der Waals surface area contributed by atoms with Crippen LogP contribution in [-0.4, -0.2) is 29.1 Å². The second kappa shape index (κ2) is 10.5. The summed E-state index contributed by atoms with van der Waals surface area (Å²) in [5.41, 5.74) is 1.74. The van der Waals surface area contributed by atoms with Gasteiger partial charge in [-0.3, -0.25) is 14.5 Å². The fraction of sp³-hybridized carbons (Fsp3) is 0.0690. The van der Waals surface area contributed by atoms with Crippen molar-refractivity contribution in [1.29, 1.82) is 0 Å². The van der Waals surface area contributed by atoms with Crippen LogP contribution in [0.2, 0.25) is 5.02 Å². The topological polar surface area (TPSA) is 72.9 Å². The molecule has 0 atom stereocenters. The molecule has 1 fully saturated rings. The lowest BCUT2D eigenvalue weighted by Crippen LogP contribution is -2.27. The van der Waals surface area contributed by atoms with Gasteiger partial charge >= 0.3 is 5.97 Å². The lowest BCUT2D eigenvalue weighted by atomic mass is 10.0. The highest BCUT2D eigenvalue weighted by Crippen LogP contribution is 2.36. The number of esters is 1. The lowest BCUT2D eigenvalue weighted by molar-refractivity contribution is -0.123. The molecule has 8 heteroatoms. The fourth-order valence-electron chi connectivity index (χ4n) is 4.03. The van der Waals surface area contributed by atoms with Crippen LogP contribution in [0, 0.1) is 0 Å². The standard InChI is InChI=1S/C29H20ClNO5S/c1-35-25-15-18(13-14-24(25)36-28(33)22-11-4-5-12-23(22)30)16-26-27(32)31(29(34)37-26)17-20-9-6-8-19-7-2-3-10-21(19)20/h2-16H,17H2,1H3/b26-16-. The number of ether oxygens (including phenoxy) is 2. The first kappa shape index (κ1) is 24.6. The minimum absolute atomic E-state index is 0.184. The van der Waals surface area contributed by atoms with Crippen LogP contribution >= 0.6 is 23.4 Å². The van der Waals surface area contributed by atoms with Gasteiger partial charge in [-0.1, -0.05) is 72.3 Å². The van der Waals surface area contributed by atoms with E-state index in [1.54, 1.807) is 48.5 Å². The number of amides is 2. The summed E-state index contributed by atoms with van der Waals surface area (Å²) < 4.78 is 10.9. The van der Waals surface area contributed by atoms with Crippen LogP contribution in [0.4, 0.5) is 4.79 Å². The number of carbonyl (C=O) groups excluding carboxylic acids is 3. The molecule has 2 amide bonds. The molecule has 4 aromatic rings. The predicted octanol–water partition coefficient (Wildman–Crippen LogP) is 6.96. The van der Waals surface area contributed by atoms with E-state index in [0.717, 1.165) is 28.1 Å². The van der Waals surface area contributed by atoms with Crippen molar-refractivity contribution in [3.8, 4) is 11.5 Å². The van der Waals surface area contributed by atoms with Gasteiger partial charge in [0.2, 0.25) is 0 Å². The Kier molecular flexibility index (Phi) is 6.99. The van der Waals surface area contributed by atoms with Gasteiger partial charge in [0.25, 0.3) is 11.1 Å². The van der Waals surface area contributed by atoms with Crippen molar-refractivity contribution in [2.75, 3.05) is 7.11 Å². The van der Waals surface area contributed by atoms with Gasteiger partial charge in [-0.25, -0.2) is 4.79 Å². The van der Waals surface area contributed by atoms with E-state index >= 15 is 0 Å². The summed E-state index contributed by atoms with van der Waals surface area (Å²) >= 11 is 6.98. The first-order valence-electron chi connectivity index (χ1n) is 11.3. The van der Waals surface area contributed by atoms with Crippen molar-refractivity contribution >= 4 is 57.3 Å².